The Kier molecular flexibility index (Phi) is 4.33. The van der Waals surface area contributed by atoms with Crippen LogP contribution in [0.4, 0.5) is 0 Å². The van der Waals surface area contributed by atoms with Gasteiger partial charge in [0.1, 0.15) is 5.54 Å². The second kappa shape index (κ2) is 5.83. The smallest absolute Gasteiger partial charge is 0.248 e. The van der Waals surface area contributed by atoms with Gasteiger partial charge in [0, 0.05) is 24.5 Å². The number of hydrogen-bond acceptors (Lipinski definition) is 2. The number of nitrogens with one attached hydrogen (secondary N) is 1. The van der Waals surface area contributed by atoms with Gasteiger partial charge < -0.3 is 10.2 Å². The summed E-state index contributed by atoms with van der Waals surface area (Å²) in [6.07, 6.45) is 0.891. The first kappa shape index (κ1) is 14.9. The summed E-state index contributed by atoms with van der Waals surface area (Å²) < 4.78 is 0. The Morgan fingerprint density at radius 1 is 1.35 bits per heavy atom. The Bertz CT molecular complexity index is 532. The molecule has 0 radical (unpaired) electrons. The van der Waals surface area contributed by atoms with E-state index in [1.165, 1.54) is 0 Å². The van der Waals surface area contributed by atoms with Crippen LogP contribution in [0.15, 0.2) is 24.3 Å². The van der Waals surface area contributed by atoms with Crippen molar-refractivity contribution in [2.24, 2.45) is 0 Å². The molecule has 5 heteroatoms. The highest BCUT2D eigenvalue weighted by Crippen LogP contribution is 2.22. The normalized spacial score (nSPS) is 23.4. The number of rotatable bonds is 3. The highest BCUT2D eigenvalue weighted by Gasteiger charge is 2.39. The van der Waals surface area contributed by atoms with Gasteiger partial charge in [-0.2, -0.15) is 0 Å². The van der Waals surface area contributed by atoms with E-state index in [2.05, 4.69) is 5.32 Å². The van der Waals surface area contributed by atoms with Gasteiger partial charge in [-0.25, -0.2) is 0 Å². The molecule has 0 spiro atoms. The molecule has 1 fully saturated rings. The molecule has 0 saturated carbocycles. The lowest BCUT2D eigenvalue weighted by Crippen LogP contribution is -2.54. The molecule has 0 aliphatic carbocycles. The molecular weight excluding hydrogens is 276 g/mol. The standard InChI is InChI=1S/C15H19ClN2O2/c1-3-15(2)14(20)18(9-8-13(19)17-15)10-11-6-4-5-7-12(11)16/h4-7H,3,8-10H2,1-2H3,(H,17,19). The van der Waals surface area contributed by atoms with Crippen molar-refractivity contribution in [2.45, 2.75) is 38.8 Å². The molecule has 1 aliphatic heterocycles. The van der Waals surface area contributed by atoms with Crippen LogP contribution in [0.3, 0.4) is 0 Å². The van der Waals surface area contributed by atoms with Crippen molar-refractivity contribution in [3.05, 3.63) is 34.9 Å². The van der Waals surface area contributed by atoms with Crippen molar-refractivity contribution < 1.29 is 9.59 Å². The summed E-state index contributed by atoms with van der Waals surface area (Å²) in [5, 5.41) is 3.46. The van der Waals surface area contributed by atoms with E-state index in [1.54, 1.807) is 11.8 Å². The molecule has 2 amide bonds. The monoisotopic (exact) mass is 294 g/mol. The van der Waals surface area contributed by atoms with Gasteiger partial charge in [-0.3, -0.25) is 9.59 Å². The van der Waals surface area contributed by atoms with E-state index < -0.39 is 5.54 Å². The number of benzene rings is 1. The van der Waals surface area contributed by atoms with Crippen molar-refractivity contribution in [3.8, 4) is 0 Å². The van der Waals surface area contributed by atoms with Crippen LogP contribution in [0.25, 0.3) is 0 Å². The topological polar surface area (TPSA) is 49.4 Å². The first-order chi connectivity index (χ1) is 9.46. The van der Waals surface area contributed by atoms with Crippen LogP contribution in [-0.2, 0) is 16.1 Å². The molecule has 1 aromatic rings. The number of carbonyl (C=O) groups is 2. The molecule has 20 heavy (non-hydrogen) atoms. The molecule has 2 rings (SSSR count). The van der Waals surface area contributed by atoms with Crippen molar-refractivity contribution in [2.75, 3.05) is 6.54 Å². The molecule has 1 aliphatic rings. The fourth-order valence-electron chi connectivity index (χ4n) is 2.33. The van der Waals surface area contributed by atoms with E-state index in [0.29, 0.717) is 31.0 Å². The molecule has 1 N–H and O–H groups in total. The summed E-state index contributed by atoms with van der Waals surface area (Å²) in [6, 6.07) is 7.46. The average molecular weight is 295 g/mol. The van der Waals surface area contributed by atoms with Gasteiger partial charge in [0.15, 0.2) is 0 Å². The number of halogens is 1. The first-order valence-electron chi connectivity index (χ1n) is 6.80. The first-order valence-corrected chi connectivity index (χ1v) is 7.18. The minimum atomic E-state index is -0.825. The molecule has 1 unspecified atom stereocenters. The average Bonchev–Trinajstić information content (AvgIpc) is 2.53. The molecule has 108 valence electrons. The molecular formula is C15H19ClN2O2. The zero-order valence-corrected chi connectivity index (χ0v) is 12.5. The Hall–Kier alpha value is -1.55. The maximum absolute atomic E-state index is 12.6. The highest BCUT2D eigenvalue weighted by atomic mass is 35.5. The zero-order chi connectivity index (χ0) is 14.8. The van der Waals surface area contributed by atoms with Crippen LogP contribution in [0.5, 0.6) is 0 Å². The van der Waals surface area contributed by atoms with Crippen LogP contribution in [-0.4, -0.2) is 28.8 Å². The summed E-state index contributed by atoms with van der Waals surface area (Å²) in [5.41, 5.74) is 0.0739. The Balaban J connectivity index is 2.24. The van der Waals surface area contributed by atoms with Crippen molar-refractivity contribution >= 4 is 23.4 Å². The third-order valence-electron chi connectivity index (χ3n) is 3.81. The van der Waals surface area contributed by atoms with Gasteiger partial charge >= 0.3 is 0 Å². The SMILES string of the molecule is CCC1(C)NC(=O)CCN(Cc2ccccc2Cl)C1=O. The third kappa shape index (κ3) is 2.96. The minimum absolute atomic E-state index is 0.0502. The molecule has 1 atom stereocenters. The fourth-order valence-corrected chi connectivity index (χ4v) is 2.53. The van der Waals surface area contributed by atoms with Gasteiger partial charge in [-0.15, -0.1) is 0 Å². The second-order valence-electron chi connectivity index (χ2n) is 5.30. The van der Waals surface area contributed by atoms with Crippen LogP contribution in [0.2, 0.25) is 5.02 Å². The van der Waals surface area contributed by atoms with Crippen molar-refractivity contribution in [1.82, 2.24) is 10.2 Å². The summed E-state index contributed by atoms with van der Waals surface area (Å²) >= 11 is 6.15. The Morgan fingerprint density at radius 2 is 2.05 bits per heavy atom. The quantitative estimate of drug-likeness (QED) is 0.930. The Morgan fingerprint density at radius 3 is 2.70 bits per heavy atom. The van der Waals surface area contributed by atoms with Gasteiger partial charge in [0.2, 0.25) is 11.8 Å². The number of carbonyl (C=O) groups excluding carboxylic acids is 2. The number of hydrogen-bond donors (Lipinski definition) is 1. The summed E-state index contributed by atoms with van der Waals surface area (Å²) in [4.78, 5) is 26.1. The lowest BCUT2D eigenvalue weighted by Gasteiger charge is -2.31. The molecule has 4 nitrogen and oxygen atoms in total. The van der Waals surface area contributed by atoms with Gasteiger partial charge in [0.25, 0.3) is 0 Å². The lowest BCUT2D eigenvalue weighted by molar-refractivity contribution is -0.138. The van der Waals surface area contributed by atoms with Crippen LogP contribution >= 0.6 is 11.6 Å². The van der Waals surface area contributed by atoms with Gasteiger partial charge in [-0.1, -0.05) is 36.7 Å². The summed E-state index contributed by atoms with van der Waals surface area (Å²) in [7, 11) is 0. The van der Waals surface area contributed by atoms with E-state index >= 15 is 0 Å². The van der Waals surface area contributed by atoms with Crippen molar-refractivity contribution in [1.29, 1.82) is 0 Å². The molecule has 1 saturated heterocycles. The van der Waals surface area contributed by atoms with Crippen LogP contribution in [0, 0.1) is 0 Å². The predicted octanol–water partition coefficient (Wildman–Crippen LogP) is 2.36. The van der Waals surface area contributed by atoms with E-state index in [9.17, 15) is 9.59 Å². The highest BCUT2D eigenvalue weighted by molar-refractivity contribution is 6.31. The lowest BCUT2D eigenvalue weighted by atomic mass is 9.97. The molecule has 1 aromatic carbocycles. The minimum Gasteiger partial charge on any atom is -0.342 e. The van der Waals surface area contributed by atoms with E-state index in [1.807, 2.05) is 31.2 Å². The second-order valence-corrected chi connectivity index (χ2v) is 5.71. The van der Waals surface area contributed by atoms with Gasteiger partial charge in [-0.05, 0) is 25.0 Å². The van der Waals surface area contributed by atoms with Crippen LogP contribution in [0.1, 0.15) is 32.3 Å². The maximum Gasteiger partial charge on any atom is 0.248 e. The van der Waals surface area contributed by atoms with Crippen LogP contribution < -0.4 is 5.32 Å². The summed E-state index contributed by atoms with van der Waals surface area (Å²) in [5.74, 6) is -0.130. The maximum atomic E-state index is 12.6. The molecule has 1 heterocycles. The van der Waals surface area contributed by atoms with E-state index in [0.717, 1.165) is 5.56 Å². The van der Waals surface area contributed by atoms with E-state index in [4.69, 9.17) is 11.6 Å². The summed E-state index contributed by atoms with van der Waals surface area (Å²) in [6.45, 7) is 4.53. The molecule has 0 bridgehead atoms. The predicted molar refractivity (Wildman–Crippen MR) is 78.3 cm³/mol. The van der Waals surface area contributed by atoms with Crippen molar-refractivity contribution in [3.63, 3.8) is 0 Å². The van der Waals surface area contributed by atoms with E-state index in [-0.39, 0.29) is 11.8 Å². The largest absolute Gasteiger partial charge is 0.342 e. The Labute approximate surface area is 124 Å². The third-order valence-corrected chi connectivity index (χ3v) is 4.18. The number of nitrogens with zero attached hydrogens (tertiary/aromatic N) is 1. The van der Waals surface area contributed by atoms with Gasteiger partial charge in [0.05, 0.1) is 0 Å². The molecule has 0 aromatic heterocycles. The fraction of sp³-hybridized carbons (Fsp3) is 0.467. The zero-order valence-electron chi connectivity index (χ0n) is 11.8. The number of amides is 2.